The van der Waals surface area contributed by atoms with Gasteiger partial charge >= 0.3 is 0 Å². The van der Waals surface area contributed by atoms with E-state index in [4.69, 9.17) is 0 Å². The fourth-order valence-electron chi connectivity index (χ4n) is 9.13. The first-order valence-electron chi connectivity index (χ1n) is 13.1. The number of hydrogen-bond donors (Lipinski definition) is 2. The minimum atomic E-state index is -0.118. The van der Waals surface area contributed by atoms with Crippen molar-refractivity contribution >= 4 is 0 Å². The third-order valence-corrected chi connectivity index (χ3v) is 11.1. The summed E-state index contributed by atoms with van der Waals surface area (Å²) in [6.07, 6.45) is 17.1. The van der Waals surface area contributed by atoms with E-state index in [0.717, 1.165) is 37.0 Å². The molecule has 0 aromatic rings. The lowest BCUT2D eigenvalue weighted by Crippen LogP contribution is -2.58. The Bertz CT molecular complexity index is 641. The Hall–Kier alpha value is -0.340. The van der Waals surface area contributed by atoms with Gasteiger partial charge in [0.05, 0.1) is 6.10 Å². The highest BCUT2D eigenvalue weighted by atomic mass is 16.3. The molecule has 0 aromatic carbocycles. The van der Waals surface area contributed by atoms with Crippen molar-refractivity contribution in [2.24, 2.45) is 51.8 Å². The van der Waals surface area contributed by atoms with Gasteiger partial charge in [-0.1, -0.05) is 66.0 Å². The summed E-state index contributed by atoms with van der Waals surface area (Å²) in [7, 11) is 0. The summed E-state index contributed by atoms with van der Waals surface area (Å²) in [6, 6.07) is 0. The lowest BCUT2D eigenvalue weighted by Gasteiger charge is -2.63. The van der Waals surface area contributed by atoms with Gasteiger partial charge < -0.3 is 10.2 Å². The Balaban J connectivity index is 1.59. The standard InChI is InChI=1S/C28H48O2/c1-19(2)7-6-8-20(3)23-13-16-28(18-29)25-10-9-21-17-22(30)11-14-26(21,4)24(25)12-15-27(23,28)5/h9-10,19-25,29-30H,6-8,11-18H2,1-5H3/t20-,21+,22+,23-,24+,25+,26-,27-,28?/m1/s1. The molecule has 0 aromatic heterocycles. The third-order valence-electron chi connectivity index (χ3n) is 11.1. The van der Waals surface area contributed by atoms with Gasteiger partial charge in [0.25, 0.3) is 0 Å². The molecule has 1 unspecified atom stereocenters. The van der Waals surface area contributed by atoms with Crippen molar-refractivity contribution in [3.63, 3.8) is 0 Å². The predicted molar refractivity (Wildman–Crippen MR) is 125 cm³/mol. The first-order valence-corrected chi connectivity index (χ1v) is 13.1. The van der Waals surface area contributed by atoms with Gasteiger partial charge in [0.15, 0.2) is 0 Å². The molecule has 0 heterocycles. The van der Waals surface area contributed by atoms with Crippen LogP contribution >= 0.6 is 0 Å². The van der Waals surface area contributed by atoms with Gasteiger partial charge in [0.1, 0.15) is 0 Å². The zero-order valence-electron chi connectivity index (χ0n) is 20.4. The van der Waals surface area contributed by atoms with Crippen LogP contribution in [0.2, 0.25) is 0 Å². The molecule has 4 rings (SSSR count). The van der Waals surface area contributed by atoms with E-state index in [1.807, 2.05) is 0 Å². The number of hydrogen-bond acceptors (Lipinski definition) is 2. The number of allylic oxidation sites excluding steroid dienone is 2. The van der Waals surface area contributed by atoms with E-state index in [0.29, 0.717) is 29.8 Å². The second kappa shape index (κ2) is 8.22. The van der Waals surface area contributed by atoms with Crippen molar-refractivity contribution in [3.05, 3.63) is 12.2 Å². The van der Waals surface area contributed by atoms with E-state index in [9.17, 15) is 10.2 Å². The number of rotatable bonds is 6. The molecule has 9 atom stereocenters. The highest BCUT2D eigenvalue weighted by Gasteiger charge is 2.66. The van der Waals surface area contributed by atoms with Crippen molar-refractivity contribution in [2.45, 2.75) is 105 Å². The maximum Gasteiger partial charge on any atom is 0.0546 e. The Morgan fingerprint density at radius 2 is 1.73 bits per heavy atom. The first-order chi connectivity index (χ1) is 14.2. The van der Waals surface area contributed by atoms with Crippen LogP contribution in [0.5, 0.6) is 0 Å². The first kappa shape index (κ1) is 22.8. The van der Waals surface area contributed by atoms with Crippen LogP contribution in [0.4, 0.5) is 0 Å². The minimum Gasteiger partial charge on any atom is -0.396 e. The molecule has 2 heteroatoms. The molecule has 2 nitrogen and oxygen atoms in total. The highest BCUT2D eigenvalue weighted by Crippen LogP contribution is 2.72. The normalized spacial score (nSPS) is 48.9. The Kier molecular flexibility index (Phi) is 6.26. The van der Waals surface area contributed by atoms with E-state index >= 15 is 0 Å². The molecule has 2 N–H and O–H groups in total. The quantitative estimate of drug-likeness (QED) is 0.478. The zero-order chi connectivity index (χ0) is 21.7. The van der Waals surface area contributed by atoms with Crippen molar-refractivity contribution in [3.8, 4) is 0 Å². The summed E-state index contributed by atoms with van der Waals surface area (Å²) in [5.41, 5.74) is 0.637. The predicted octanol–water partition coefficient (Wildman–Crippen LogP) is 6.61. The van der Waals surface area contributed by atoms with Crippen LogP contribution in [0.15, 0.2) is 12.2 Å². The Morgan fingerprint density at radius 1 is 0.967 bits per heavy atom. The molecule has 0 radical (unpaired) electrons. The molecule has 4 aliphatic rings. The van der Waals surface area contributed by atoms with Crippen molar-refractivity contribution in [1.29, 1.82) is 0 Å². The van der Waals surface area contributed by atoms with E-state index in [1.165, 1.54) is 44.9 Å². The topological polar surface area (TPSA) is 40.5 Å². The van der Waals surface area contributed by atoms with Gasteiger partial charge in [0.2, 0.25) is 0 Å². The molecule has 0 saturated heterocycles. The Morgan fingerprint density at radius 3 is 2.43 bits per heavy atom. The lowest BCUT2D eigenvalue weighted by molar-refractivity contribution is -0.147. The second-order valence-electron chi connectivity index (χ2n) is 12.8. The average molecular weight is 417 g/mol. The van der Waals surface area contributed by atoms with Gasteiger partial charge in [-0.2, -0.15) is 0 Å². The van der Waals surface area contributed by atoms with E-state index in [2.05, 4.69) is 46.8 Å². The van der Waals surface area contributed by atoms with Crippen molar-refractivity contribution < 1.29 is 10.2 Å². The SMILES string of the molecule is CC(C)CCC[C@@H](C)[C@H]1CCC2(CO)[C@H]3C=C[C@H]4C[C@@H](O)CC[C@@]4(C)[C@H]3CC[C@]12C. The molecule has 4 aliphatic carbocycles. The summed E-state index contributed by atoms with van der Waals surface area (Å²) in [6.45, 7) is 12.6. The fraction of sp³-hybridized carbons (Fsp3) is 0.929. The molecule has 0 bridgehead atoms. The molecule has 172 valence electrons. The molecule has 3 fully saturated rings. The second-order valence-corrected chi connectivity index (χ2v) is 12.8. The molecular formula is C28H48O2. The van der Waals surface area contributed by atoms with Crippen LogP contribution in [0.1, 0.15) is 98.8 Å². The summed E-state index contributed by atoms with van der Waals surface area (Å²) in [5.74, 6) is 4.04. The summed E-state index contributed by atoms with van der Waals surface area (Å²) < 4.78 is 0. The Labute approximate surface area is 185 Å². The van der Waals surface area contributed by atoms with Gasteiger partial charge in [-0.25, -0.2) is 0 Å². The zero-order valence-corrected chi connectivity index (χ0v) is 20.4. The molecule has 3 saturated carbocycles. The third kappa shape index (κ3) is 3.35. The number of fused-ring (bicyclic) bond motifs is 5. The van der Waals surface area contributed by atoms with Crippen LogP contribution in [0.3, 0.4) is 0 Å². The van der Waals surface area contributed by atoms with Crippen LogP contribution < -0.4 is 0 Å². The lowest BCUT2D eigenvalue weighted by atomic mass is 9.41. The van der Waals surface area contributed by atoms with Crippen LogP contribution in [-0.2, 0) is 0 Å². The summed E-state index contributed by atoms with van der Waals surface area (Å²) in [5, 5.41) is 21.2. The van der Waals surface area contributed by atoms with E-state index in [1.54, 1.807) is 0 Å². The largest absolute Gasteiger partial charge is 0.396 e. The molecular weight excluding hydrogens is 368 g/mol. The number of aliphatic hydroxyl groups is 2. The molecule has 0 spiro atoms. The molecule has 0 aliphatic heterocycles. The van der Waals surface area contributed by atoms with Crippen molar-refractivity contribution in [2.75, 3.05) is 6.61 Å². The van der Waals surface area contributed by atoms with Gasteiger partial charge in [-0.05, 0) is 91.3 Å². The highest BCUT2D eigenvalue weighted by molar-refractivity contribution is 5.22. The van der Waals surface area contributed by atoms with Gasteiger partial charge in [0, 0.05) is 12.0 Å². The molecule has 30 heavy (non-hydrogen) atoms. The van der Waals surface area contributed by atoms with Gasteiger partial charge in [-0.15, -0.1) is 0 Å². The minimum absolute atomic E-state index is 0.0629. The van der Waals surface area contributed by atoms with Gasteiger partial charge in [-0.3, -0.25) is 0 Å². The maximum absolute atomic E-state index is 11.0. The maximum atomic E-state index is 11.0. The fourth-order valence-corrected chi connectivity index (χ4v) is 9.13. The smallest absolute Gasteiger partial charge is 0.0546 e. The summed E-state index contributed by atoms with van der Waals surface area (Å²) >= 11 is 0. The van der Waals surface area contributed by atoms with Crippen LogP contribution in [0, 0.1) is 51.8 Å². The molecule has 0 amide bonds. The average Bonchev–Trinajstić information content (AvgIpc) is 3.01. The van der Waals surface area contributed by atoms with Crippen LogP contribution in [0.25, 0.3) is 0 Å². The number of aliphatic hydroxyl groups excluding tert-OH is 2. The monoisotopic (exact) mass is 416 g/mol. The van der Waals surface area contributed by atoms with E-state index in [-0.39, 0.29) is 16.9 Å². The van der Waals surface area contributed by atoms with Crippen molar-refractivity contribution in [1.82, 2.24) is 0 Å². The summed E-state index contributed by atoms with van der Waals surface area (Å²) in [4.78, 5) is 0. The van der Waals surface area contributed by atoms with E-state index < -0.39 is 0 Å². The van der Waals surface area contributed by atoms with Crippen LogP contribution in [-0.4, -0.2) is 22.9 Å².